The number of nitrogens with one attached hydrogen (secondary N) is 1. The molecule has 0 spiro atoms. The number of carbonyl (C=O) groups excluding carboxylic acids is 2. The average molecular weight is 382 g/mol. The summed E-state index contributed by atoms with van der Waals surface area (Å²) in [5.74, 6) is 0.291. The van der Waals surface area contributed by atoms with Crippen LogP contribution in [-0.2, 0) is 4.79 Å². The van der Waals surface area contributed by atoms with Crippen LogP contribution >= 0.6 is 11.3 Å². The Labute approximate surface area is 160 Å². The molecule has 146 valence electrons. The number of anilines is 1. The predicted molar refractivity (Wildman–Crippen MR) is 104 cm³/mol. The first-order chi connectivity index (χ1) is 12.5. The Kier molecular flexibility index (Phi) is 7.81. The van der Waals surface area contributed by atoms with Crippen LogP contribution in [0.3, 0.4) is 0 Å². The molecule has 1 N–H and O–H groups in total. The van der Waals surface area contributed by atoms with Gasteiger partial charge in [-0.25, -0.2) is 4.79 Å². The van der Waals surface area contributed by atoms with Gasteiger partial charge in [0.15, 0.2) is 0 Å². The van der Waals surface area contributed by atoms with E-state index in [4.69, 9.17) is 0 Å². The molecule has 1 atom stereocenters. The number of nitrogens with zero attached hydrogens (tertiary/aromatic N) is 4. The van der Waals surface area contributed by atoms with Gasteiger partial charge in [0, 0.05) is 38.0 Å². The minimum Gasteiger partial charge on any atom is -0.325 e. The van der Waals surface area contributed by atoms with Gasteiger partial charge < -0.3 is 15.1 Å². The van der Waals surface area contributed by atoms with Gasteiger partial charge in [0.2, 0.25) is 11.0 Å². The first-order valence-electron chi connectivity index (χ1n) is 9.68. The normalized spacial score (nSPS) is 16.4. The van der Waals surface area contributed by atoms with Crippen LogP contribution in [0.2, 0.25) is 0 Å². The lowest BCUT2D eigenvalue weighted by Gasteiger charge is -2.34. The van der Waals surface area contributed by atoms with Crippen LogP contribution in [0.5, 0.6) is 0 Å². The molecule has 0 aliphatic carbocycles. The largest absolute Gasteiger partial charge is 0.325 e. The number of amides is 3. The molecular weight excluding hydrogens is 350 g/mol. The molecule has 0 unspecified atom stereocenters. The molecule has 0 radical (unpaired) electrons. The highest BCUT2D eigenvalue weighted by Gasteiger charge is 2.29. The maximum Gasteiger partial charge on any atom is 0.319 e. The van der Waals surface area contributed by atoms with E-state index in [1.807, 2.05) is 23.6 Å². The van der Waals surface area contributed by atoms with Crippen molar-refractivity contribution in [3.8, 4) is 0 Å². The van der Waals surface area contributed by atoms with Crippen molar-refractivity contribution in [2.75, 3.05) is 31.5 Å². The Morgan fingerprint density at radius 2 is 1.88 bits per heavy atom. The summed E-state index contributed by atoms with van der Waals surface area (Å²) in [7, 11) is 0. The molecule has 2 rings (SSSR count). The quantitative estimate of drug-likeness (QED) is 0.783. The van der Waals surface area contributed by atoms with Crippen LogP contribution in [0.25, 0.3) is 0 Å². The minimum absolute atomic E-state index is 0.00853. The molecule has 0 saturated carbocycles. The minimum atomic E-state index is -0.0730. The van der Waals surface area contributed by atoms with Gasteiger partial charge in [-0.15, -0.1) is 10.2 Å². The molecule has 8 heteroatoms. The van der Waals surface area contributed by atoms with Gasteiger partial charge in [-0.2, -0.15) is 0 Å². The van der Waals surface area contributed by atoms with Crippen LogP contribution in [-0.4, -0.2) is 58.1 Å². The van der Waals surface area contributed by atoms with E-state index in [9.17, 15) is 9.59 Å². The third-order valence-corrected chi connectivity index (χ3v) is 6.05. The van der Waals surface area contributed by atoms with Crippen LogP contribution in [0.1, 0.15) is 64.3 Å². The summed E-state index contributed by atoms with van der Waals surface area (Å²) in [4.78, 5) is 28.6. The van der Waals surface area contributed by atoms with Crippen LogP contribution in [0, 0.1) is 5.92 Å². The van der Waals surface area contributed by atoms with Crippen LogP contribution in [0.4, 0.5) is 9.93 Å². The maximum atomic E-state index is 12.5. The zero-order chi connectivity index (χ0) is 19.1. The maximum absolute atomic E-state index is 12.5. The summed E-state index contributed by atoms with van der Waals surface area (Å²) in [6, 6.07) is 0.0764. The zero-order valence-corrected chi connectivity index (χ0v) is 17.1. The summed E-state index contributed by atoms with van der Waals surface area (Å²) in [5, 5.41) is 12.8. The Hall–Kier alpha value is -1.70. The van der Waals surface area contributed by atoms with Crippen LogP contribution in [0.15, 0.2) is 0 Å². The van der Waals surface area contributed by atoms with Gasteiger partial charge in [0.1, 0.15) is 5.01 Å². The van der Waals surface area contributed by atoms with E-state index in [-0.39, 0.29) is 17.9 Å². The molecule has 0 aromatic carbocycles. The summed E-state index contributed by atoms with van der Waals surface area (Å²) in [5.41, 5.74) is 0. The van der Waals surface area contributed by atoms with Crippen molar-refractivity contribution in [3.63, 3.8) is 0 Å². The lowest BCUT2D eigenvalue weighted by Crippen LogP contribution is -2.47. The van der Waals surface area contributed by atoms with Crippen LogP contribution < -0.4 is 5.32 Å². The highest BCUT2D eigenvalue weighted by molar-refractivity contribution is 7.15. The molecular formula is C18H31N5O2S. The van der Waals surface area contributed by atoms with E-state index in [1.165, 1.54) is 11.3 Å². The van der Waals surface area contributed by atoms with E-state index < -0.39 is 0 Å². The zero-order valence-electron chi connectivity index (χ0n) is 16.3. The fourth-order valence-electron chi connectivity index (χ4n) is 3.28. The van der Waals surface area contributed by atoms with Crippen molar-refractivity contribution >= 4 is 28.4 Å². The van der Waals surface area contributed by atoms with Gasteiger partial charge in [-0.3, -0.25) is 4.79 Å². The van der Waals surface area contributed by atoms with Crippen molar-refractivity contribution in [3.05, 3.63) is 5.01 Å². The second-order valence-electron chi connectivity index (χ2n) is 6.84. The number of urea groups is 1. The first kappa shape index (κ1) is 20.6. The topological polar surface area (TPSA) is 78.4 Å². The van der Waals surface area contributed by atoms with Crippen molar-refractivity contribution in [2.45, 2.75) is 59.3 Å². The molecule has 1 aromatic rings. The fourth-order valence-corrected chi connectivity index (χ4v) is 4.11. The smallest absolute Gasteiger partial charge is 0.319 e. The average Bonchev–Trinajstić information content (AvgIpc) is 3.11. The fraction of sp³-hybridized carbons (Fsp3) is 0.778. The SMILES string of the molecule is CCC[C@H](C)c1nnc(NC(=O)C2CCN(C(=O)N(CC)CC)CC2)s1. The van der Waals surface area contributed by atoms with Gasteiger partial charge in [-0.1, -0.05) is 31.6 Å². The highest BCUT2D eigenvalue weighted by atomic mass is 32.1. The number of hydrogen-bond donors (Lipinski definition) is 1. The Balaban J connectivity index is 1.84. The number of carbonyl (C=O) groups is 2. The van der Waals surface area contributed by atoms with Gasteiger partial charge in [0.05, 0.1) is 0 Å². The van der Waals surface area contributed by atoms with E-state index in [0.717, 1.165) is 17.8 Å². The van der Waals surface area contributed by atoms with Crippen molar-refractivity contribution < 1.29 is 9.59 Å². The molecule has 1 aliphatic rings. The highest BCUT2D eigenvalue weighted by Crippen LogP contribution is 2.27. The number of piperidine rings is 1. The van der Waals surface area contributed by atoms with E-state index >= 15 is 0 Å². The second kappa shape index (κ2) is 9.85. The van der Waals surface area contributed by atoms with Gasteiger partial charge in [-0.05, 0) is 33.1 Å². The number of rotatable bonds is 7. The second-order valence-corrected chi connectivity index (χ2v) is 7.85. The summed E-state index contributed by atoms with van der Waals surface area (Å²) < 4.78 is 0. The van der Waals surface area contributed by atoms with Crippen molar-refractivity contribution in [2.24, 2.45) is 5.92 Å². The van der Waals surface area contributed by atoms with Crippen molar-refractivity contribution in [1.82, 2.24) is 20.0 Å². The van der Waals surface area contributed by atoms with E-state index in [1.54, 1.807) is 0 Å². The van der Waals surface area contributed by atoms with E-state index in [2.05, 4.69) is 29.4 Å². The molecule has 7 nitrogen and oxygen atoms in total. The molecule has 0 bridgehead atoms. The Morgan fingerprint density at radius 1 is 1.23 bits per heavy atom. The number of hydrogen-bond acceptors (Lipinski definition) is 5. The Bertz CT molecular complexity index is 594. The molecule has 1 fully saturated rings. The summed E-state index contributed by atoms with van der Waals surface area (Å²) in [6.45, 7) is 10.9. The lowest BCUT2D eigenvalue weighted by atomic mass is 9.96. The number of aromatic nitrogens is 2. The summed E-state index contributed by atoms with van der Waals surface area (Å²) in [6.07, 6.45) is 3.56. The molecule has 2 heterocycles. The summed E-state index contributed by atoms with van der Waals surface area (Å²) >= 11 is 1.46. The first-order valence-corrected chi connectivity index (χ1v) is 10.5. The van der Waals surface area contributed by atoms with Gasteiger partial charge >= 0.3 is 6.03 Å². The van der Waals surface area contributed by atoms with Gasteiger partial charge in [0.25, 0.3) is 0 Å². The lowest BCUT2D eigenvalue weighted by molar-refractivity contribution is -0.121. The monoisotopic (exact) mass is 381 g/mol. The number of likely N-dealkylation sites (tertiary alicyclic amines) is 1. The molecule has 3 amide bonds. The Morgan fingerprint density at radius 3 is 2.46 bits per heavy atom. The molecule has 1 aromatic heterocycles. The molecule has 1 aliphatic heterocycles. The molecule has 1 saturated heterocycles. The third-order valence-electron chi connectivity index (χ3n) is 4.98. The van der Waals surface area contributed by atoms with E-state index in [0.29, 0.717) is 50.1 Å². The standard InChI is InChI=1S/C18H31N5O2S/c1-5-8-13(4)16-20-21-17(26-16)19-15(24)14-9-11-23(12-10-14)18(25)22(6-2)7-3/h13-14H,5-12H2,1-4H3,(H,19,21,24)/t13-/m0/s1. The third kappa shape index (κ3) is 5.16. The molecule has 26 heavy (non-hydrogen) atoms. The predicted octanol–water partition coefficient (Wildman–Crippen LogP) is 3.55. The van der Waals surface area contributed by atoms with Crippen molar-refractivity contribution in [1.29, 1.82) is 0 Å².